The van der Waals surface area contributed by atoms with E-state index in [9.17, 15) is 9.59 Å². The number of likely N-dealkylation sites (tertiary alicyclic amines) is 1. The number of hydrogen-bond acceptors (Lipinski definition) is 3. The fourth-order valence-corrected chi connectivity index (χ4v) is 2.27. The maximum atomic E-state index is 12.0. The van der Waals surface area contributed by atoms with Crippen LogP contribution in [0.3, 0.4) is 0 Å². The average Bonchev–Trinajstić information content (AvgIpc) is 2.89. The van der Waals surface area contributed by atoms with Gasteiger partial charge in [-0.25, -0.2) is 0 Å². The highest BCUT2D eigenvalue weighted by Gasteiger charge is 2.42. The Balaban J connectivity index is 2.03. The number of carbonyl (C=O) groups excluding carboxylic acids is 2. The molecule has 1 fully saturated rings. The maximum Gasteiger partial charge on any atom is 0.313 e. The molecule has 2 rings (SSSR count). The molecule has 0 N–H and O–H groups in total. The lowest BCUT2D eigenvalue weighted by Gasteiger charge is -2.20. The Kier molecular flexibility index (Phi) is 4.09. The van der Waals surface area contributed by atoms with Gasteiger partial charge in [0.1, 0.15) is 0 Å². The summed E-state index contributed by atoms with van der Waals surface area (Å²) in [7, 11) is 1.37. The van der Waals surface area contributed by atoms with Crippen LogP contribution in [0.15, 0.2) is 30.3 Å². The van der Waals surface area contributed by atoms with Gasteiger partial charge in [-0.15, -0.1) is 0 Å². The zero-order valence-electron chi connectivity index (χ0n) is 11.7. The van der Waals surface area contributed by atoms with Crippen LogP contribution in [0.2, 0.25) is 0 Å². The summed E-state index contributed by atoms with van der Waals surface area (Å²) < 4.78 is 4.78. The molecule has 1 heterocycles. The molecule has 104 valence electrons. The van der Waals surface area contributed by atoms with Crippen molar-refractivity contribution < 1.29 is 14.3 Å². The Bertz CT molecular complexity index is 570. The minimum absolute atomic E-state index is 0.249. The maximum absolute atomic E-state index is 12.0. The summed E-state index contributed by atoms with van der Waals surface area (Å²) in [6.45, 7) is 2.71. The van der Waals surface area contributed by atoms with Gasteiger partial charge >= 0.3 is 5.97 Å². The van der Waals surface area contributed by atoms with Gasteiger partial charge in [0, 0.05) is 24.6 Å². The summed E-state index contributed by atoms with van der Waals surface area (Å²) in [5, 5.41) is 0. The predicted molar refractivity (Wildman–Crippen MR) is 74.6 cm³/mol. The Morgan fingerprint density at radius 2 is 2.00 bits per heavy atom. The van der Waals surface area contributed by atoms with Crippen molar-refractivity contribution in [3.63, 3.8) is 0 Å². The molecule has 1 aliphatic heterocycles. The summed E-state index contributed by atoms with van der Waals surface area (Å²) >= 11 is 0. The molecule has 0 aliphatic carbocycles. The minimum atomic E-state index is -0.612. The predicted octanol–water partition coefficient (Wildman–Crippen LogP) is 1.45. The van der Waals surface area contributed by atoms with Crippen LogP contribution in [-0.4, -0.2) is 37.0 Å². The van der Waals surface area contributed by atoms with E-state index in [0.717, 1.165) is 5.56 Å². The number of benzene rings is 1. The molecule has 20 heavy (non-hydrogen) atoms. The van der Waals surface area contributed by atoms with Crippen molar-refractivity contribution in [1.82, 2.24) is 4.90 Å². The van der Waals surface area contributed by atoms with E-state index in [1.54, 1.807) is 4.90 Å². The van der Waals surface area contributed by atoms with Gasteiger partial charge in [0.2, 0.25) is 0 Å². The SMILES string of the molecule is COC(=O)[C@]1(C)CCN(C(=O)C#Cc2ccccc2)C1. The van der Waals surface area contributed by atoms with E-state index in [2.05, 4.69) is 11.8 Å². The van der Waals surface area contributed by atoms with Crippen molar-refractivity contribution in [1.29, 1.82) is 0 Å². The second kappa shape index (κ2) is 5.79. The molecule has 1 aromatic carbocycles. The molecule has 0 bridgehead atoms. The molecule has 0 radical (unpaired) electrons. The number of methoxy groups -OCH3 is 1. The first-order valence-corrected chi connectivity index (χ1v) is 6.49. The smallest absolute Gasteiger partial charge is 0.313 e. The van der Waals surface area contributed by atoms with Crippen LogP contribution in [-0.2, 0) is 14.3 Å². The molecule has 4 nitrogen and oxygen atoms in total. The second-order valence-electron chi connectivity index (χ2n) is 5.14. The number of rotatable bonds is 1. The lowest BCUT2D eigenvalue weighted by atomic mass is 9.90. The highest BCUT2D eigenvalue weighted by atomic mass is 16.5. The lowest BCUT2D eigenvalue weighted by molar-refractivity contribution is -0.151. The van der Waals surface area contributed by atoms with Crippen molar-refractivity contribution in [2.24, 2.45) is 5.41 Å². The van der Waals surface area contributed by atoms with E-state index < -0.39 is 5.41 Å². The molecule has 0 spiro atoms. The number of amides is 1. The van der Waals surface area contributed by atoms with E-state index in [1.165, 1.54) is 7.11 Å². The van der Waals surface area contributed by atoms with Gasteiger partial charge in [-0.2, -0.15) is 0 Å². The van der Waals surface area contributed by atoms with Crippen LogP contribution in [0.25, 0.3) is 0 Å². The van der Waals surface area contributed by atoms with Gasteiger partial charge in [0.05, 0.1) is 12.5 Å². The molecular formula is C16H17NO3. The monoisotopic (exact) mass is 271 g/mol. The van der Waals surface area contributed by atoms with Gasteiger partial charge < -0.3 is 9.64 Å². The Morgan fingerprint density at radius 3 is 2.65 bits per heavy atom. The van der Waals surface area contributed by atoms with Crippen LogP contribution in [0, 0.1) is 17.3 Å². The molecule has 4 heteroatoms. The van der Waals surface area contributed by atoms with Gasteiger partial charge in [-0.3, -0.25) is 9.59 Å². The normalized spacial score (nSPS) is 21.0. The third-order valence-corrected chi connectivity index (χ3v) is 3.53. The Morgan fingerprint density at radius 1 is 1.30 bits per heavy atom. The fraction of sp³-hybridized carbons (Fsp3) is 0.375. The highest BCUT2D eigenvalue weighted by molar-refractivity contribution is 5.95. The lowest BCUT2D eigenvalue weighted by Crippen LogP contribution is -2.35. The number of nitrogens with zero attached hydrogens (tertiary/aromatic N) is 1. The van der Waals surface area contributed by atoms with E-state index >= 15 is 0 Å². The Labute approximate surface area is 118 Å². The first-order chi connectivity index (χ1) is 9.55. The average molecular weight is 271 g/mol. The number of carbonyl (C=O) groups is 2. The summed E-state index contributed by atoms with van der Waals surface area (Å²) in [5.41, 5.74) is 0.189. The van der Waals surface area contributed by atoms with Crippen LogP contribution in [0.5, 0.6) is 0 Å². The number of ether oxygens (including phenoxy) is 1. The first-order valence-electron chi connectivity index (χ1n) is 6.49. The summed E-state index contributed by atoms with van der Waals surface area (Å²) in [4.78, 5) is 25.3. The topological polar surface area (TPSA) is 46.6 Å². The van der Waals surface area contributed by atoms with Crippen molar-refractivity contribution in [2.75, 3.05) is 20.2 Å². The van der Waals surface area contributed by atoms with Crippen molar-refractivity contribution >= 4 is 11.9 Å². The molecule has 1 aromatic rings. The zero-order valence-corrected chi connectivity index (χ0v) is 11.7. The van der Waals surface area contributed by atoms with E-state index in [4.69, 9.17) is 4.74 Å². The van der Waals surface area contributed by atoms with E-state index in [0.29, 0.717) is 19.5 Å². The first kappa shape index (κ1) is 14.1. The van der Waals surface area contributed by atoms with Crippen LogP contribution >= 0.6 is 0 Å². The zero-order chi connectivity index (χ0) is 14.6. The van der Waals surface area contributed by atoms with E-state index in [-0.39, 0.29) is 11.9 Å². The molecule has 0 saturated carbocycles. The molecule has 0 unspecified atom stereocenters. The molecular weight excluding hydrogens is 254 g/mol. The molecule has 1 saturated heterocycles. The molecule has 1 atom stereocenters. The number of hydrogen-bond donors (Lipinski definition) is 0. The van der Waals surface area contributed by atoms with Crippen molar-refractivity contribution in [2.45, 2.75) is 13.3 Å². The second-order valence-corrected chi connectivity index (χ2v) is 5.14. The summed E-state index contributed by atoms with van der Waals surface area (Å²) in [5.74, 6) is 4.93. The van der Waals surface area contributed by atoms with Crippen LogP contribution in [0.1, 0.15) is 18.9 Å². The van der Waals surface area contributed by atoms with Crippen molar-refractivity contribution in [3.8, 4) is 11.8 Å². The Hall–Kier alpha value is -2.28. The third kappa shape index (κ3) is 3.00. The largest absolute Gasteiger partial charge is 0.469 e. The van der Waals surface area contributed by atoms with Gasteiger partial charge in [-0.1, -0.05) is 24.1 Å². The van der Waals surface area contributed by atoms with E-state index in [1.807, 2.05) is 37.3 Å². The van der Waals surface area contributed by atoms with Crippen LogP contribution in [0.4, 0.5) is 0 Å². The molecule has 0 aromatic heterocycles. The minimum Gasteiger partial charge on any atom is -0.469 e. The summed E-state index contributed by atoms with van der Waals surface area (Å²) in [6, 6.07) is 9.35. The standard InChI is InChI=1S/C16H17NO3/c1-16(15(19)20-2)10-11-17(12-16)14(18)9-8-13-6-4-3-5-7-13/h3-7H,10-12H2,1-2H3/t16-/m1/s1. The molecule has 1 amide bonds. The van der Waals surface area contributed by atoms with Crippen LogP contribution < -0.4 is 0 Å². The van der Waals surface area contributed by atoms with Gasteiger partial charge in [0.15, 0.2) is 0 Å². The number of esters is 1. The quantitative estimate of drug-likeness (QED) is 0.574. The van der Waals surface area contributed by atoms with Gasteiger partial charge in [0.25, 0.3) is 5.91 Å². The van der Waals surface area contributed by atoms with Crippen molar-refractivity contribution in [3.05, 3.63) is 35.9 Å². The van der Waals surface area contributed by atoms with Gasteiger partial charge in [-0.05, 0) is 25.5 Å². The molecule has 1 aliphatic rings. The third-order valence-electron chi connectivity index (χ3n) is 3.53. The summed E-state index contributed by atoms with van der Waals surface area (Å²) in [6.07, 6.45) is 0.610. The fourth-order valence-electron chi connectivity index (χ4n) is 2.27. The highest BCUT2D eigenvalue weighted by Crippen LogP contribution is 2.31.